The van der Waals surface area contributed by atoms with E-state index in [1.807, 2.05) is 24.3 Å². The van der Waals surface area contributed by atoms with Crippen LogP contribution in [-0.2, 0) is 9.53 Å². The number of fused-ring (bicyclic) bond motifs is 1. The van der Waals surface area contributed by atoms with Crippen molar-refractivity contribution in [2.45, 2.75) is 19.3 Å². The number of ether oxygens (including phenoxy) is 1. The Hall–Kier alpha value is -1.68. The summed E-state index contributed by atoms with van der Waals surface area (Å²) in [6, 6.07) is 7.41. The quantitative estimate of drug-likeness (QED) is 0.775. The molecule has 0 aliphatic carbocycles. The van der Waals surface area contributed by atoms with Crippen molar-refractivity contribution in [3.05, 3.63) is 29.8 Å². The van der Waals surface area contributed by atoms with Gasteiger partial charge in [0.1, 0.15) is 0 Å². The minimum Gasteiger partial charge on any atom is -0.381 e. The van der Waals surface area contributed by atoms with Crippen molar-refractivity contribution < 1.29 is 14.3 Å². The van der Waals surface area contributed by atoms with Crippen molar-refractivity contribution >= 4 is 17.4 Å². The smallest absolute Gasteiger partial charge is 0.232 e. The van der Waals surface area contributed by atoms with Gasteiger partial charge in [-0.25, -0.2) is 0 Å². The predicted molar refractivity (Wildman–Crippen MR) is 71.3 cm³/mol. The summed E-state index contributed by atoms with van der Waals surface area (Å²) >= 11 is 0. The number of nitrogens with zero attached hydrogens (tertiary/aromatic N) is 1. The molecule has 4 nitrogen and oxygen atoms in total. The molecule has 0 radical (unpaired) electrons. The van der Waals surface area contributed by atoms with E-state index in [2.05, 4.69) is 0 Å². The van der Waals surface area contributed by atoms with E-state index in [9.17, 15) is 9.59 Å². The fraction of sp³-hybridized carbons (Fsp3) is 0.467. The van der Waals surface area contributed by atoms with Gasteiger partial charge in [0.15, 0.2) is 5.78 Å². The summed E-state index contributed by atoms with van der Waals surface area (Å²) in [6.45, 7) is 1.79. The van der Waals surface area contributed by atoms with Gasteiger partial charge in [0.25, 0.3) is 0 Å². The van der Waals surface area contributed by atoms with Crippen molar-refractivity contribution in [3.63, 3.8) is 0 Å². The molecule has 4 heteroatoms. The lowest BCUT2D eigenvalue weighted by atomic mass is 10.0. The molecule has 0 aromatic heterocycles. The van der Waals surface area contributed by atoms with E-state index in [1.54, 1.807) is 4.90 Å². The standard InChI is InChI=1S/C15H17NO3/c17-14-6-3-8-16(13-5-2-1-4-12(13)14)15(18)11-7-9-19-10-11/h1-2,4-5,11H,3,6-10H2. The maximum atomic E-state index is 12.6. The summed E-state index contributed by atoms with van der Waals surface area (Å²) in [6.07, 6.45) is 2.03. The van der Waals surface area contributed by atoms with Gasteiger partial charge in [-0.2, -0.15) is 0 Å². The van der Waals surface area contributed by atoms with Crippen LogP contribution in [0.5, 0.6) is 0 Å². The topological polar surface area (TPSA) is 46.6 Å². The minimum absolute atomic E-state index is 0.0544. The molecule has 0 saturated carbocycles. The van der Waals surface area contributed by atoms with Gasteiger partial charge in [-0.1, -0.05) is 12.1 Å². The largest absolute Gasteiger partial charge is 0.381 e. The summed E-state index contributed by atoms with van der Waals surface area (Å²) in [5.41, 5.74) is 1.44. The maximum Gasteiger partial charge on any atom is 0.232 e. The van der Waals surface area contributed by atoms with E-state index in [4.69, 9.17) is 4.74 Å². The average Bonchev–Trinajstić information content (AvgIpc) is 2.91. The summed E-state index contributed by atoms with van der Waals surface area (Å²) < 4.78 is 5.29. The predicted octanol–water partition coefficient (Wildman–Crippen LogP) is 2.03. The molecular weight excluding hydrogens is 242 g/mol. The fourth-order valence-electron chi connectivity index (χ4n) is 2.78. The van der Waals surface area contributed by atoms with Crippen LogP contribution < -0.4 is 4.90 Å². The Bertz CT molecular complexity index is 506. The average molecular weight is 259 g/mol. The Morgan fingerprint density at radius 3 is 2.95 bits per heavy atom. The molecule has 0 spiro atoms. The molecule has 1 aromatic rings. The van der Waals surface area contributed by atoms with Crippen molar-refractivity contribution in [1.29, 1.82) is 0 Å². The van der Waals surface area contributed by atoms with Gasteiger partial charge < -0.3 is 9.64 Å². The molecule has 3 rings (SSSR count). The first-order valence-electron chi connectivity index (χ1n) is 6.79. The molecule has 0 bridgehead atoms. The first kappa shape index (κ1) is 12.4. The summed E-state index contributed by atoms with van der Waals surface area (Å²) in [4.78, 5) is 26.4. The molecule has 100 valence electrons. The van der Waals surface area contributed by atoms with E-state index >= 15 is 0 Å². The number of carbonyl (C=O) groups is 2. The molecular formula is C15H17NO3. The zero-order valence-electron chi connectivity index (χ0n) is 10.8. The normalized spacial score (nSPS) is 23.1. The number of hydrogen-bond acceptors (Lipinski definition) is 3. The lowest BCUT2D eigenvalue weighted by Crippen LogP contribution is -2.37. The van der Waals surface area contributed by atoms with E-state index in [1.165, 1.54) is 0 Å². The van der Waals surface area contributed by atoms with Crippen LogP contribution in [0.15, 0.2) is 24.3 Å². The molecule has 19 heavy (non-hydrogen) atoms. The number of anilines is 1. The third-order valence-electron chi connectivity index (χ3n) is 3.83. The maximum absolute atomic E-state index is 12.6. The summed E-state index contributed by atoms with van der Waals surface area (Å²) in [5.74, 6) is 0.175. The lowest BCUT2D eigenvalue weighted by Gasteiger charge is -2.24. The molecule has 1 saturated heterocycles. The van der Waals surface area contributed by atoms with Gasteiger partial charge in [-0.15, -0.1) is 0 Å². The van der Waals surface area contributed by atoms with E-state index < -0.39 is 0 Å². The Morgan fingerprint density at radius 2 is 2.16 bits per heavy atom. The van der Waals surface area contributed by atoms with Gasteiger partial charge in [-0.3, -0.25) is 9.59 Å². The van der Waals surface area contributed by atoms with Crippen molar-refractivity contribution in [3.8, 4) is 0 Å². The van der Waals surface area contributed by atoms with Crippen LogP contribution in [0.2, 0.25) is 0 Å². The SMILES string of the molecule is O=C1CCCN(C(=O)C2CCOC2)c2ccccc21. The Labute approximate surface area is 112 Å². The Kier molecular flexibility index (Phi) is 3.34. The van der Waals surface area contributed by atoms with Gasteiger partial charge in [-0.05, 0) is 25.0 Å². The Balaban J connectivity index is 1.94. The third-order valence-corrected chi connectivity index (χ3v) is 3.83. The molecule has 2 heterocycles. The van der Waals surface area contributed by atoms with Crippen LogP contribution in [-0.4, -0.2) is 31.4 Å². The van der Waals surface area contributed by atoms with Crippen LogP contribution in [0.1, 0.15) is 29.6 Å². The van der Waals surface area contributed by atoms with E-state index in [-0.39, 0.29) is 17.6 Å². The molecule has 2 aliphatic heterocycles. The molecule has 1 atom stereocenters. The number of amides is 1. The lowest BCUT2D eigenvalue weighted by molar-refractivity contribution is -0.122. The van der Waals surface area contributed by atoms with Crippen molar-refractivity contribution in [2.75, 3.05) is 24.7 Å². The van der Waals surface area contributed by atoms with E-state index in [0.29, 0.717) is 31.7 Å². The zero-order chi connectivity index (χ0) is 13.2. The number of rotatable bonds is 1. The number of Topliss-reactive ketones (excluding diaryl/α,β-unsaturated/α-hetero) is 1. The molecule has 1 aromatic carbocycles. The second-order valence-corrected chi connectivity index (χ2v) is 5.09. The van der Waals surface area contributed by atoms with Crippen LogP contribution in [0, 0.1) is 5.92 Å². The monoisotopic (exact) mass is 259 g/mol. The summed E-state index contributed by atoms with van der Waals surface area (Å²) in [5, 5.41) is 0. The number of ketones is 1. The highest BCUT2D eigenvalue weighted by atomic mass is 16.5. The first-order chi connectivity index (χ1) is 9.27. The van der Waals surface area contributed by atoms with Gasteiger partial charge in [0.2, 0.25) is 5.91 Å². The highest BCUT2D eigenvalue weighted by Gasteiger charge is 2.31. The molecule has 1 unspecified atom stereocenters. The first-order valence-corrected chi connectivity index (χ1v) is 6.79. The van der Waals surface area contributed by atoms with Gasteiger partial charge >= 0.3 is 0 Å². The third kappa shape index (κ3) is 2.28. The number of carbonyl (C=O) groups excluding carboxylic acids is 2. The summed E-state index contributed by atoms with van der Waals surface area (Å²) in [7, 11) is 0. The Morgan fingerprint density at radius 1 is 1.32 bits per heavy atom. The second kappa shape index (κ2) is 5.13. The highest BCUT2D eigenvalue weighted by Crippen LogP contribution is 2.28. The van der Waals surface area contributed by atoms with Gasteiger partial charge in [0.05, 0.1) is 18.2 Å². The van der Waals surface area contributed by atoms with Crippen LogP contribution in [0.3, 0.4) is 0 Å². The van der Waals surface area contributed by atoms with E-state index in [0.717, 1.165) is 18.5 Å². The molecule has 1 amide bonds. The van der Waals surface area contributed by atoms with Gasteiger partial charge in [0, 0.05) is 25.1 Å². The molecule has 1 fully saturated rings. The zero-order valence-corrected chi connectivity index (χ0v) is 10.8. The molecule has 0 N–H and O–H groups in total. The van der Waals surface area contributed by atoms with Crippen LogP contribution >= 0.6 is 0 Å². The van der Waals surface area contributed by atoms with Crippen molar-refractivity contribution in [1.82, 2.24) is 0 Å². The highest BCUT2D eigenvalue weighted by molar-refractivity contribution is 6.07. The fourth-order valence-corrected chi connectivity index (χ4v) is 2.78. The van der Waals surface area contributed by atoms with Crippen LogP contribution in [0.25, 0.3) is 0 Å². The number of benzene rings is 1. The van der Waals surface area contributed by atoms with Crippen molar-refractivity contribution in [2.24, 2.45) is 5.92 Å². The minimum atomic E-state index is -0.0544. The molecule has 2 aliphatic rings. The number of para-hydroxylation sites is 1. The van der Waals surface area contributed by atoms with Crippen LogP contribution in [0.4, 0.5) is 5.69 Å². The number of hydrogen-bond donors (Lipinski definition) is 0. The second-order valence-electron chi connectivity index (χ2n) is 5.09.